The molecule has 1 unspecified atom stereocenters. The molecule has 0 aliphatic carbocycles. The molecule has 10 heteroatoms. The first-order valence-electron chi connectivity index (χ1n) is 8.87. The van der Waals surface area contributed by atoms with Gasteiger partial charge in [-0.05, 0) is 42.1 Å². The van der Waals surface area contributed by atoms with Crippen LogP contribution in [0.1, 0.15) is 23.1 Å². The average Bonchev–Trinajstić information content (AvgIpc) is 3.40. The Balaban J connectivity index is 1.39. The number of aromatic nitrogens is 2. The number of ether oxygens (including phenoxy) is 1. The van der Waals surface area contributed by atoms with Crippen molar-refractivity contribution in [1.29, 1.82) is 0 Å². The molecular weight excluding hydrogens is 407 g/mol. The first-order valence-corrected chi connectivity index (χ1v) is 9.75. The molecule has 1 aliphatic heterocycles. The fourth-order valence-corrected chi connectivity index (χ4v) is 3.88. The zero-order chi connectivity index (χ0) is 20.4. The summed E-state index contributed by atoms with van der Waals surface area (Å²) < 4.78 is 45.9. The van der Waals surface area contributed by atoms with Crippen LogP contribution < -0.4 is 4.74 Å². The van der Waals surface area contributed by atoms with Gasteiger partial charge in [0.05, 0.1) is 5.92 Å². The number of amides is 1. The monoisotopic (exact) mass is 423 g/mol. The quantitative estimate of drug-likeness (QED) is 0.593. The molecule has 0 saturated carbocycles. The molecule has 0 radical (unpaired) electrons. The number of carbonyl (C=O) groups is 1. The third-order valence-corrected chi connectivity index (χ3v) is 5.50. The number of benzene rings is 1. The number of alkyl halides is 3. The van der Waals surface area contributed by atoms with E-state index in [2.05, 4.69) is 14.9 Å². The largest absolute Gasteiger partial charge is 0.573 e. The summed E-state index contributed by atoms with van der Waals surface area (Å²) in [7, 11) is 0. The standard InChI is InChI=1S/C19H16F3N3O3S/c20-19(21,22)27-14-5-3-12(4-6-14)17-23-18(28-24-17)13-10-16(26)25(11-13)8-7-15-2-1-9-29-15/h1-6,9,13H,7-8,10-11H2. The highest BCUT2D eigenvalue weighted by atomic mass is 32.1. The predicted molar refractivity (Wildman–Crippen MR) is 98.4 cm³/mol. The van der Waals surface area contributed by atoms with Crippen LogP contribution in [0.2, 0.25) is 0 Å². The van der Waals surface area contributed by atoms with Crippen LogP contribution in [0.3, 0.4) is 0 Å². The molecule has 6 nitrogen and oxygen atoms in total. The fraction of sp³-hybridized carbons (Fsp3) is 0.316. The molecule has 2 aromatic heterocycles. The molecule has 152 valence electrons. The molecule has 3 aromatic rings. The highest BCUT2D eigenvalue weighted by molar-refractivity contribution is 7.09. The van der Waals surface area contributed by atoms with Crippen LogP contribution in [0.5, 0.6) is 5.75 Å². The SMILES string of the molecule is O=C1CC(c2nc(-c3ccc(OC(F)(F)F)cc3)no2)CN1CCc1cccs1. The number of hydrogen-bond donors (Lipinski definition) is 0. The lowest BCUT2D eigenvalue weighted by Crippen LogP contribution is -2.27. The van der Waals surface area contributed by atoms with Crippen LogP contribution in [-0.2, 0) is 11.2 Å². The first kappa shape index (κ1) is 19.4. The Bertz CT molecular complexity index is 971. The molecule has 1 aromatic carbocycles. The van der Waals surface area contributed by atoms with Gasteiger partial charge in [0.15, 0.2) is 0 Å². The number of carbonyl (C=O) groups excluding carboxylic acids is 1. The third-order valence-electron chi connectivity index (χ3n) is 4.56. The molecule has 1 fully saturated rings. The van der Waals surface area contributed by atoms with Crippen LogP contribution in [0.25, 0.3) is 11.4 Å². The van der Waals surface area contributed by atoms with Gasteiger partial charge in [0, 0.05) is 30.0 Å². The van der Waals surface area contributed by atoms with Gasteiger partial charge in [0.25, 0.3) is 0 Å². The van der Waals surface area contributed by atoms with Crippen molar-refractivity contribution in [1.82, 2.24) is 15.0 Å². The molecule has 1 saturated heterocycles. The zero-order valence-electron chi connectivity index (χ0n) is 15.1. The Morgan fingerprint density at radius 3 is 2.72 bits per heavy atom. The Hall–Kier alpha value is -2.88. The minimum atomic E-state index is -4.74. The van der Waals surface area contributed by atoms with Crippen LogP contribution in [0, 0.1) is 0 Å². The lowest BCUT2D eigenvalue weighted by Gasteiger charge is -2.15. The third kappa shape index (κ3) is 4.76. The molecule has 4 rings (SSSR count). The lowest BCUT2D eigenvalue weighted by molar-refractivity contribution is -0.274. The number of hydrogen-bond acceptors (Lipinski definition) is 6. The van der Waals surface area contributed by atoms with E-state index in [0.717, 1.165) is 6.42 Å². The van der Waals surface area contributed by atoms with E-state index >= 15 is 0 Å². The zero-order valence-corrected chi connectivity index (χ0v) is 15.9. The van der Waals surface area contributed by atoms with Crippen molar-refractivity contribution in [3.05, 3.63) is 52.5 Å². The van der Waals surface area contributed by atoms with Gasteiger partial charge in [-0.25, -0.2) is 0 Å². The summed E-state index contributed by atoms with van der Waals surface area (Å²) in [5.41, 5.74) is 0.494. The van der Waals surface area contributed by atoms with Gasteiger partial charge < -0.3 is 14.2 Å². The maximum absolute atomic E-state index is 12.3. The van der Waals surface area contributed by atoms with E-state index in [-0.39, 0.29) is 23.4 Å². The van der Waals surface area contributed by atoms with E-state index in [0.29, 0.717) is 31.0 Å². The van der Waals surface area contributed by atoms with Gasteiger partial charge in [-0.1, -0.05) is 11.2 Å². The summed E-state index contributed by atoms with van der Waals surface area (Å²) in [4.78, 5) is 19.6. The molecule has 1 amide bonds. The van der Waals surface area contributed by atoms with Gasteiger partial charge in [0.2, 0.25) is 17.6 Å². The summed E-state index contributed by atoms with van der Waals surface area (Å²) in [5.74, 6) is 0.123. The van der Waals surface area contributed by atoms with E-state index in [1.165, 1.54) is 29.1 Å². The highest BCUT2D eigenvalue weighted by Gasteiger charge is 2.34. The van der Waals surface area contributed by atoms with Crippen LogP contribution in [0.15, 0.2) is 46.3 Å². The summed E-state index contributed by atoms with van der Waals surface area (Å²) in [5, 5.41) is 5.90. The van der Waals surface area contributed by atoms with E-state index < -0.39 is 6.36 Å². The van der Waals surface area contributed by atoms with Crippen molar-refractivity contribution in [2.45, 2.75) is 25.1 Å². The van der Waals surface area contributed by atoms with E-state index in [1.54, 1.807) is 16.2 Å². The average molecular weight is 423 g/mol. The van der Waals surface area contributed by atoms with Gasteiger partial charge in [0.1, 0.15) is 5.75 Å². The maximum atomic E-state index is 12.3. The van der Waals surface area contributed by atoms with Crippen LogP contribution in [0.4, 0.5) is 13.2 Å². The lowest BCUT2D eigenvalue weighted by atomic mass is 10.1. The molecule has 0 bridgehead atoms. The number of thiophene rings is 1. The van der Waals surface area contributed by atoms with Gasteiger partial charge in [-0.3, -0.25) is 4.79 Å². The van der Waals surface area contributed by atoms with E-state index in [1.807, 2.05) is 17.5 Å². The minimum absolute atomic E-state index is 0.0416. The van der Waals surface area contributed by atoms with Gasteiger partial charge >= 0.3 is 6.36 Å². The minimum Gasteiger partial charge on any atom is -0.406 e. The van der Waals surface area contributed by atoms with Gasteiger partial charge in [-0.2, -0.15) is 4.98 Å². The summed E-state index contributed by atoms with van der Waals surface area (Å²) >= 11 is 1.66. The highest BCUT2D eigenvalue weighted by Crippen LogP contribution is 2.30. The van der Waals surface area contributed by atoms with E-state index in [4.69, 9.17) is 4.52 Å². The Morgan fingerprint density at radius 1 is 1.24 bits per heavy atom. The van der Waals surface area contributed by atoms with Crippen molar-refractivity contribution in [2.24, 2.45) is 0 Å². The Kier molecular flexibility index (Phi) is 5.27. The predicted octanol–water partition coefficient (Wildman–Crippen LogP) is 4.26. The second kappa shape index (κ2) is 7.86. The van der Waals surface area contributed by atoms with Crippen LogP contribution in [-0.4, -0.2) is 40.4 Å². The summed E-state index contributed by atoms with van der Waals surface area (Å²) in [6.07, 6.45) is -3.65. The fourth-order valence-electron chi connectivity index (χ4n) is 3.18. The summed E-state index contributed by atoms with van der Waals surface area (Å²) in [6.45, 7) is 1.14. The van der Waals surface area contributed by atoms with Crippen molar-refractivity contribution < 1.29 is 27.2 Å². The normalized spacial score (nSPS) is 17.1. The number of halogens is 3. The molecule has 0 spiro atoms. The van der Waals surface area contributed by atoms with Gasteiger partial charge in [-0.15, -0.1) is 24.5 Å². The smallest absolute Gasteiger partial charge is 0.406 e. The van der Waals surface area contributed by atoms with E-state index in [9.17, 15) is 18.0 Å². The van der Waals surface area contributed by atoms with Crippen molar-refractivity contribution in [3.63, 3.8) is 0 Å². The number of likely N-dealkylation sites (tertiary alicyclic amines) is 1. The Morgan fingerprint density at radius 2 is 2.03 bits per heavy atom. The molecule has 3 heterocycles. The molecule has 1 atom stereocenters. The summed E-state index contributed by atoms with van der Waals surface area (Å²) in [6, 6.07) is 9.23. The molecular formula is C19H16F3N3O3S. The van der Waals surface area contributed by atoms with Crippen molar-refractivity contribution in [3.8, 4) is 17.1 Å². The topological polar surface area (TPSA) is 68.5 Å². The second-order valence-corrected chi connectivity index (χ2v) is 7.63. The first-order chi connectivity index (χ1) is 13.9. The maximum Gasteiger partial charge on any atom is 0.573 e. The second-order valence-electron chi connectivity index (χ2n) is 6.60. The molecule has 0 N–H and O–H groups in total. The number of nitrogens with zero attached hydrogens (tertiary/aromatic N) is 3. The molecule has 29 heavy (non-hydrogen) atoms. The Labute approximate surface area is 167 Å². The number of rotatable bonds is 6. The van der Waals surface area contributed by atoms with Crippen LogP contribution >= 0.6 is 11.3 Å². The van der Waals surface area contributed by atoms with Crippen molar-refractivity contribution >= 4 is 17.2 Å². The van der Waals surface area contributed by atoms with Crippen molar-refractivity contribution in [2.75, 3.05) is 13.1 Å². The molecule has 1 aliphatic rings.